The maximum absolute atomic E-state index is 5.98. The van der Waals surface area contributed by atoms with Gasteiger partial charge in [-0.25, -0.2) is 10.8 Å². The summed E-state index contributed by atoms with van der Waals surface area (Å²) in [5.41, 5.74) is 3.19. The maximum Gasteiger partial charge on any atom is 0.239 e. The van der Waals surface area contributed by atoms with Crippen molar-refractivity contribution in [1.82, 2.24) is 9.97 Å². The number of hydrogen-bond donors (Lipinski definition) is 3. The number of ether oxygens (including phenoxy) is 1. The van der Waals surface area contributed by atoms with Crippen LogP contribution < -0.4 is 21.3 Å². The van der Waals surface area contributed by atoms with Crippen molar-refractivity contribution in [2.24, 2.45) is 5.84 Å². The normalized spacial score (nSPS) is 9.94. The summed E-state index contributed by atoms with van der Waals surface area (Å²) < 4.78 is 5.07. The summed E-state index contributed by atoms with van der Waals surface area (Å²) in [5, 5.41) is 3.47. The average molecular weight is 266 g/mol. The molecule has 1 aromatic heterocycles. The number of benzene rings is 1. The zero-order chi connectivity index (χ0) is 13.0. The quantitative estimate of drug-likeness (QED) is 0.580. The molecular formula is C11H12ClN5O. The summed E-state index contributed by atoms with van der Waals surface area (Å²) in [6.45, 7) is 0. The van der Waals surface area contributed by atoms with E-state index < -0.39 is 0 Å². The second kappa shape index (κ2) is 5.52. The highest BCUT2D eigenvalue weighted by molar-refractivity contribution is 6.32. The molecule has 0 saturated heterocycles. The Labute approximate surface area is 109 Å². The van der Waals surface area contributed by atoms with Crippen LogP contribution in [0.15, 0.2) is 30.5 Å². The Morgan fingerprint density at radius 3 is 2.61 bits per heavy atom. The first-order valence-corrected chi connectivity index (χ1v) is 5.51. The zero-order valence-corrected chi connectivity index (χ0v) is 10.4. The number of hydrazine groups is 1. The predicted molar refractivity (Wildman–Crippen MR) is 71.1 cm³/mol. The van der Waals surface area contributed by atoms with Crippen molar-refractivity contribution in [2.75, 3.05) is 17.9 Å². The van der Waals surface area contributed by atoms with Crippen molar-refractivity contribution in [3.63, 3.8) is 0 Å². The Hall–Kier alpha value is -2.05. The molecule has 0 unspecified atom stereocenters. The maximum atomic E-state index is 5.98. The lowest BCUT2D eigenvalue weighted by Crippen LogP contribution is -2.11. The second-order valence-electron chi connectivity index (χ2n) is 3.39. The van der Waals surface area contributed by atoms with Crippen molar-refractivity contribution >= 4 is 29.1 Å². The lowest BCUT2D eigenvalue weighted by atomic mass is 10.3. The number of nitrogens with zero attached hydrogens (tertiary/aromatic N) is 2. The molecule has 2 aromatic rings. The van der Waals surface area contributed by atoms with E-state index in [1.165, 1.54) is 6.20 Å². The summed E-state index contributed by atoms with van der Waals surface area (Å²) in [7, 11) is 1.61. The molecule has 0 aliphatic carbocycles. The van der Waals surface area contributed by atoms with E-state index in [2.05, 4.69) is 20.7 Å². The fourth-order valence-electron chi connectivity index (χ4n) is 1.34. The third-order valence-corrected chi connectivity index (χ3v) is 2.50. The van der Waals surface area contributed by atoms with Gasteiger partial charge in [-0.1, -0.05) is 11.6 Å². The van der Waals surface area contributed by atoms with Gasteiger partial charge < -0.3 is 10.1 Å². The molecule has 0 saturated carbocycles. The van der Waals surface area contributed by atoms with Crippen LogP contribution >= 0.6 is 11.6 Å². The van der Waals surface area contributed by atoms with Gasteiger partial charge in [-0.2, -0.15) is 4.98 Å². The summed E-state index contributed by atoms with van der Waals surface area (Å²) in [4.78, 5) is 7.99. The first kappa shape index (κ1) is 12.4. The first-order valence-electron chi connectivity index (χ1n) is 5.13. The number of methoxy groups -OCH3 is 1. The SMILES string of the molecule is COc1ccc(Nc2nc(NN)ncc2Cl)cc1. The highest BCUT2D eigenvalue weighted by Crippen LogP contribution is 2.24. The molecule has 6 nitrogen and oxygen atoms in total. The standard InChI is InChI=1S/C11H12ClN5O/c1-18-8-4-2-7(3-5-8)15-10-9(12)6-14-11(16-10)17-13/h2-6H,13H2,1H3,(H2,14,15,16,17). The number of anilines is 3. The van der Waals surface area contributed by atoms with E-state index in [0.29, 0.717) is 10.8 Å². The van der Waals surface area contributed by atoms with Gasteiger partial charge in [-0.05, 0) is 24.3 Å². The van der Waals surface area contributed by atoms with Gasteiger partial charge in [0, 0.05) is 5.69 Å². The van der Waals surface area contributed by atoms with Crippen LogP contribution in [0.25, 0.3) is 0 Å². The number of halogens is 1. The lowest BCUT2D eigenvalue weighted by Gasteiger charge is -2.09. The van der Waals surface area contributed by atoms with Gasteiger partial charge in [0.1, 0.15) is 10.8 Å². The van der Waals surface area contributed by atoms with Crippen LogP contribution in [0.1, 0.15) is 0 Å². The van der Waals surface area contributed by atoms with E-state index in [-0.39, 0.29) is 5.95 Å². The number of nitrogen functional groups attached to an aromatic ring is 1. The number of rotatable bonds is 4. The van der Waals surface area contributed by atoms with Gasteiger partial charge in [-0.15, -0.1) is 0 Å². The molecule has 0 bridgehead atoms. The molecule has 0 amide bonds. The molecular weight excluding hydrogens is 254 g/mol. The highest BCUT2D eigenvalue weighted by Gasteiger charge is 2.05. The van der Waals surface area contributed by atoms with Gasteiger partial charge >= 0.3 is 0 Å². The van der Waals surface area contributed by atoms with E-state index in [9.17, 15) is 0 Å². The minimum atomic E-state index is 0.287. The number of aromatic nitrogens is 2. The summed E-state index contributed by atoms with van der Waals surface area (Å²) in [5.74, 6) is 6.78. The summed E-state index contributed by atoms with van der Waals surface area (Å²) in [6.07, 6.45) is 1.47. The number of nitrogens with two attached hydrogens (primary N) is 1. The monoisotopic (exact) mass is 265 g/mol. The number of nitrogens with one attached hydrogen (secondary N) is 2. The Morgan fingerprint density at radius 2 is 2.00 bits per heavy atom. The van der Waals surface area contributed by atoms with Gasteiger partial charge in [0.15, 0.2) is 5.82 Å². The smallest absolute Gasteiger partial charge is 0.239 e. The van der Waals surface area contributed by atoms with Gasteiger partial charge in [0.05, 0.1) is 13.3 Å². The Morgan fingerprint density at radius 1 is 1.28 bits per heavy atom. The summed E-state index contributed by atoms with van der Waals surface area (Å²) >= 11 is 5.98. The summed E-state index contributed by atoms with van der Waals surface area (Å²) in [6, 6.07) is 7.37. The second-order valence-corrected chi connectivity index (χ2v) is 3.80. The molecule has 4 N–H and O–H groups in total. The average Bonchev–Trinajstić information content (AvgIpc) is 2.42. The topological polar surface area (TPSA) is 85.1 Å². The Bertz CT molecular complexity index is 531. The van der Waals surface area contributed by atoms with Crippen LogP contribution in [-0.2, 0) is 0 Å². The van der Waals surface area contributed by atoms with E-state index in [0.717, 1.165) is 11.4 Å². The van der Waals surface area contributed by atoms with E-state index in [1.807, 2.05) is 24.3 Å². The van der Waals surface area contributed by atoms with Gasteiger partial charge in [0.25, 0.3) is 0 Å². The van der Waals surface area contributed by atoms with Gasteiger partial charge in [0.2, 0.25) is 5.95 Å². The van der Waals surface area contributed by atoms with Crippen LogP contribution in [-0.4, -0.2) is 17.1 Å². The van der Waals surface area contributed by atoms with Gasteiger partial charge in [-0.3, -0.25) is 5.43 Å². The molecule has 7 heteroatoms. The molecule has 0 aliphatic rings. The molecule has 1 heterocycles. The van der Waals surface area contributed by atoms with Crippen molar-refractivity contribution in [2.45, 2.75) is 0 Å². The molecule has 0 aliphatic heterocycles. The van der Waals surface area contributed by atoms with Crippen LogP contribution in [0.2, 0.25) is 5.02 Å². The van der Waals surface area contributed by atoms with Crippen molar-refractivity contribution in [3.8, 4) is 5.75 Å². The molecule has 1 aromatic carbocycles. The van der Waals surface area contributed by atoms with Crippen LogP contribution in [0, 0.1) is 0 Å². The molecule has 0 spiro atoms. The van der Waals surface area contributed by atoms with E-state index in [4.69, 9.17) is 22.2 Å². The Kier molecular flexibility index (Phi) is 3.81. The van der Waals surface area contributed by atoms with Crippen LogP contribution in [0.5, 0.6) is 5.75 Å². The Balaban J connectivity index is 2.21. The minimum Gasteiger partial charge on any atom is -0.497 e. The fourth-order valence-corrected chi connectivity index (χ4v) is 1.47. The largest absolute Gasteiger partial charge is 0.497 e. The predicted octanol–water partition coefficient (Wildman–Crippen LogP) is 2.17. The molecule has 2 rings (SSSR count). The molecule has 18 heavy (non-hydrogen) atoms. The van der Waals surface area contributed by atoms with Crippen molar-refractivity contribution in [1.29, 1.82) is 0 Å². The van der Waals surface area contributed by atoms with Crippen LogP contribution in [0.4, 0.5) is 17.5 Å². The highest BCUT2D eigenvalue weighted by atomic mass is 35.5. The lowest BCUT2D eigenvalue weighted by molar-refractivity contribution is 0.415. The molecule has 0 atom stereocenters. The van der Waals surface area contributed by atoms with Crippen molar-refractivity contribution in [3.05, 3.63) is 35.5 Å². The molecule has 0 fully saturated rings. The third-order valence-electron chi connectivity index (χ3n) is 2.23. The third kappa shape index (κ3) is 2.79. The molecule has 0 radical (unpaired) electrons. The molecule has 94 valence electrons. The van der Waals surface area contributed by atoms with E-state index >= 15 is 0 Å². The number of hydrogen-bond acceptors (Lipinski definition) is 6. The minimum absolute atomic E-state index is 0.287. The fraction of sp³-hybridized carbons (Fsp3) is 0.0909. The zero-order valence-electron chi connectivity index (χ0n) is 9.64. The van der Waals surface area contributed by atoms with Crippen molar-refractivity contribution < 1.29 is 4.74 Å². The first-order chi connectivity index (χ1) is 8.72. The van der Waals surface area contributed by atoms with Crippen LogP contribution in [0.3, 0.4) is 0 Å². The van der Waals surface area contributed by atoms with E-state index in [1.54, 1.807) is 7.11 Å².